The van der Waals surface area contributed by atoms with Crippen LogP contribution in [-0.2, 0) is 21.5 Å². The van der Waals surface area contributed by atoms with Crippen LogP contribution < -0.4 is 4.74 Å². The summed E-state index contributed by atoms with van der Waals surface area (Å²) in [7, 11) is 0. The molecule has 0 bridgehead atoms. The topological polar surface area (TPSA) is 38.8 Å². The van der Waals surface area contributed by atoms with E-state index in [1.165, 1.54) is 25.7 Å². The lowest BCUT2D eigenvalue weighted by Gasteiger charge is -2.52. The number of nitrogens with zero attached hydrogens (tertiary/aromatic N) is 1. The summed E-state index contributed by atoms with van der Waals surface area (Å²) >= 11 is 3.36. The van der Waals surface area contributed by atoms with Crippen molar-refractivity contribution in [3.05, 3.63) is 63.6 Å². The van der Waals surface area contributed by atoms with Gasteiger partial charge < -0.3 is 9.47 Å². The Labute approximate surface area is 213 Å². The smallest absolute Gasteiger partial charge is 0.379 e. The molecule has 1 atom stereocenters. The molecule has 0 saturated carbocycles. The van der Waals surface area contributed by atoms with Crippen LogP contribution in [0.3, 0.4) is 0 Å². The van der Waals surface area contributed by atoms with E-state index in [-0.39, 0.29) is 30.8 Å². The predicted molar refractivity (Wildman–Crippen MR) is 134 cm³/mol. The first kappa shape index (κ1) is 27.5. The van der Waals surface area contributed by atoms with Gasteiger partial charge in [-0.1, -0.05) is 47.5 Å². The normalized spacial score (nSPS) is 18.7. The molecule has 0 fully saturated rings. The van der Waals surface area contributed by atoms with Gasteiger partial charge in [-0.05, 0) is 74.6 Å². The average Bonchev–Trinajstić information content (AvgIpc) is 2.79. The minimum absolute atomic E-state index is 0.129. The number of rotatable bonds is 10. The number of carbonyl (C=O) groups is 1. The first-order valence-corrected chi connectivity index (χ1v) is 12.8. The van der Waals surface area contributed by atoms with Crippen molar-refractivity contribution in [2.24, 2.45) is 0 Å². The molecule has 1 aliphatic rings. The molecule has 2 aromatic rings. The van der Waals surface area contributed by atoms with Crippen molar-refractivity contribution < 1.29 is 27.4 Å². The minimum atomic E-state index is -4.01. The summed E-state index contributed by atoms with van der Waals surface area (Å²) in [4.78, 5) is 14.2. The van der Waals surface area contributed by atoms with E-state index in [1.807, 2.05) is 0 Å². The zero-order chi connectivity index (χ0) is 25.9. The lowest BCUT2D eigenvalue weighted by Crippen LogP contribution is -2.66. The zero-order valence-electron chi connectivity index (χ0n) is 20.7. The van der Waals surface area contributed by atoms with Crippen LogP contribution in [-0.4, -0.2) is 48.8 Å². The standard InChI is InChI=1S/C27H33BrF3NO3/c1-5-7-16-35-22-12-13-23-19(17-22)14-15-32(18-25(3,4)29)26(23,20-8-10-21(28)11-9-20)27(30,31)24(33)34-6-2/h8-13,17H,5-7,14-16,18H2,1-4H3. The number of halogens is 4. The highest BCUT2D eigenvalue weighted by Gasteiger charge is 2.67. The fraction of sp³-hybridized carbons (Fsp3) is 0.519. The van der Waals surface area contributed by atoms with Crippen LogP contribution in [0, 0.1) is 0 Å². The molecule has 0 radical (unpaired) electrons. The Hall–Kier alpha value is -2.06. The number of benzene rings is 2. The van der Waals surface area contributed by atoms with Crippen molar-refractivity contribution >= 4 is 21.9 Å². The van der Waals surface area contributed by atoms with E-state index in [2.05, 4.69) is 22.9 Å². The Morgan fingerprint density at radius 3 is 2.40 bits per heavy atom. The van der Waals surface area contributed by atoms with Gasteiger partial charge in [0.1, 0.15) is 17.0 Å². The Bertz CT molecular complexity index is 1020. The average molecular weight is 556 g/mol. The first-order chi connectivity index (χ1) is 16.5. The van der Waals surface area contributed by atoms with Gasteiger partial charge in [-0.25, -0.2) is 9.18 Å². The highest BCUT2D eigenvalue weighted by Crippen LogP contribution is 2.53. The molecule has 192 valence electrons. The summed E-state index contributed by atoms with van der Waals surface area (Å²) in [6.45, 7) is 6.39. The van der Waals surface area contributed by atoms with Gasteiger partial charge in [-0.15, -0.1) is 0 Å². The largest absolute Gasteiger partial charge is 0.494 e. The van der Waals surface area contributed by atoms with Crippen molar-refractivity contribution in [3.8, 4) is 5.75 Å². The van der Waals surface area contributed by atoms with Gasteiger partial charge in [0.2, 0.25) is 0 Å². The van der Waals surface area contributed by atoms with Crippen molar-refractivity contribution in [1.29, 1.82) is 0 Å². The van der Waals surface area contributed by atoms with E-state index < -0.39 is 23.1 Å². The molecule has 35 heavy (non-hydrogen) atoms. The van der Waals surface area contributed by atoms with Crippen LogP contribution in [0.25, 0.3) is 0 Å². The summed E-state index contributed by atoms with van der Waals surface area (Å²) in [5.41, 5.74) is -2.98. The molecular formula is C27H33BrF3NO3. The number of hydrogen-bond donors (Lipinski definition) is 0. The van der Waals surface area contributed by atoms with Crippen molar-refractivity contribution in [1.82, 2.24) is 4.90 Å². The molecular weight excluding hydrogens is 523 g/mol. The van der Waals surface area contributed by atoms with Gasteiger partial charge in [-0.3, -0.25) is 4.90 Å². The fourth-order valence-corrected chi connectivity index (χ4v) is 5.01. The van der Waals surface area contributed by atoms with E-state index >= 15 is 13.2 Å². The second-order valence-electron chi connectivity index (χ2n) is 9.42. The number of carbonyl (C=O) groups excluding carboxylic acids is 1. The molecule has 1 unspecified atom stereocenters. The fourth-order valence-electron chi connectivity index (χ4n) is 4.75. The van der Waals surface area contributed by atoms with Gasteiger partial charge in [0.15, 0.2) is 0 Å². The maximum absolute atomic E-state index is 16.5. The maximum atomic E-state index is 16.5. The number of fused-ring (bicyclic) bond motifs is 1. The van der Waals surface area contributed by atoms with Crippen LogP contribution in [0.1, 0.15) is 57.2 Å². The van der Waals surface area contributed by atoms with Crippen LogP contribution in [0.15, 0.2) is 46.9 Å². The second kappa shape index (κ2) is 10.9. The maximum Gasteiger partial charge on any atom is 0.379 e. The Kier molecular flexibility index (Phi) is 8.58. The van der Waals surface area contributed by atoms with Crippen molar-refractivity contribution in [2.75, 3.05) is 26.3 Å². The molecule has 0 saturated heterocycles. The molecule has 3 rings (SSSR count). The first-order valence-electron chi connectivity index (χ1n) is 12.0. The second-order valence-corrected chi connectivity index (χ2v) is 10.3. The molecule has 0 aromatic heterocycles. The summed E-state index contributed by atoms with van der Waals surface area (Å²) in [6, 6.07) is 11.4. The number of esters is 1. The molecule has 4 nitrogen and oxygen atoms in total. The third-order valence-corrected chi connectivity index (χ3v) is 6.70. The summed E-state index contributed by atoms with van der Waals surface area (Å²) in [6.07, 6.45) is 2.26. The Morgan fingerprint density at radius 2 is 1.80 bits per heavy atom. The van der Waals surface area contributed by atoms with Crippen molar-refractivity contribution in [3.63, 3.8) is 0 Å². The van der Waals surface area contributed by atoms with E-state index in [1.54, 1.807) is 42.5 Å². The quantitative estimate of drug-likeness (QED) is 0.242. The molecule has 0 N–H and O–H groups in total. The molecule has 0 spiro atoms. The predicted octanol–water partition coefficient (Wildman–Crippen LogP) is 6.68. The van der Waals surface area contributed by atoms with Gasteiger partial charge in [-0.2, -0.15) is 8.78 Å². The van der Waals surface area contributed by atoms with Crippen LogP contribution in [0.2, 0.25) is 0 Å². The van der Waals surface area contributed by atoms with E-state index in [9.17, 15) is 4.79 Å². The van der Waals surface area contributed by atoms with E-state index in [0.29, 0.717) is 28.8 Å². The van der Waals surface area contributed by atoms with Gasteiger partial charge in [0.05, 0.1) is 13.2 Å². The number of ether oxygens (including phenoxy) is 2. The van der Waals surface area contributed by atoms with Crippen LogP contribution in [0.4, 0.5) is 13.2 Å². The third kappa shape index (κ3) is 5.53. The minimum Gasteiger partial charge on any atom is -0.494 e. The van der Waals surface area contributed by atoms with E-state index in [0.717, 1.165) is 12.8 Å². The lowest BCUT2D eigenvalue weighted by molar-refractivity contribution is -0.198. The summed E-state index contributed by atoms with van der Waals surface area (Å²) in [5.74, 6) is -5.07. The number of hydrogen-bond acceptors (Lipinski definition) is 4. The van der Waals surface area contributed by atoms with Gasteiger partial charge >= 0.3 is 11.9 Å². The highest BCUT2D eigenvalue weighted by atomic mass is 79.9. The zero-order valence-corrected chi connectivity index (χ0v) is 22.3. The Balaban J connectivity index is 2.30. The summed E-state index contributed by atoms with van der Waals surface area (Å²) < 4.78 is 59.4. The molecule has 1 aliphatic heterocycles. The summed E-state index contributed by atoms with van der Waals surface area (Å²) in [5, 5.41) is 0. The van der Waals surface area contributed by atoms with Crippen molar-refractivity contribution in [2.45, 2.75) is 64.1 Å². The van der Waals surface area contributed by atoms with E-state index in [4.69, 9.17) is 9.47 Å². The lowest BCUT2D eigenvalue weighted by atomic mass is 9.71. The Morgan fingerprint density at radius 1 is 1.11 bits per heavy atom. The van der Waals surface area contributed by atoms with Crippen LogP contribution in [0.5, 0.6) is 5.75 Å². The highest BCUT2D eigenvalue weighted by molar-refractivity contribution is 9.10. The molecule has 8 heteroatoms. The monoisotopic (exact) mass is 555 g/mol. The molecule has 1 heterocycles. The SMILES string of the molecule is CCCCOc1ccc2c(c1)CCN(CC(C)(C)F)C2(c1ccc(Br)cc1)C(F)(F)C(=O)OCC. The van der Waals surface area contributed by atoms with Gasteiger partial charge in [0, 0.05) is 17.6 Å². The third-order valence-electron chi connectivity index (χ3n) is 6.17. The number of alkyl halides is 3. The molecule has 0 amide bonds. The molecule has 2 aromatic carbocycles. The van der Waals surface area contributed by atoms with Gasteiger partial charge in [0.25, 0.3) is 0 Å². The number of unbranched alkanes of at least 4 members (excludes halogenated alkanes) is 1. The molecule has 0 aliphatic carbocycles. The van der Waals surface area contributed by atoms with Crippen LogP contribution >= 0.6 is 15.9 Å².